The van der Waals surface area contributed by atoms with Gasteiger partial charge in [0.25, 0.3) is 0 Å². The quantitative estimate of drug-likeness (QED) is 0.797. The Kier molecular flexibility index (Phi) is 5.01. The van der Waals surface area contributed by atoms with Crippen LogP contribution in [0.2, 0.25) is 0 Å². The highest BCUT2D eigenvalue weighted by molar-refractivity contribution is 5.14. The molecule has 0 saturated carbocycles. The van der Waals surface area contributed by atoms with E-state index < -0.39 is 0 Å². The highest BCUT2D eigenvalue weighted by atomic mass is 14.9. The fourth-order valence-electron chi connectivity index (χ4n) is 2.07. The summed E-state index contributed by atoms with van der Waals surface area (Å²) in [6, 6.07) is 11.4. The molecule has 0 aliphatic carbocycles. The zero-order chi connectivity index (χ0) is 12.0. The number of rotatable bonds is 5. The molecule has 1 N–H and O–H groups in total. The normalized spacial score (nSPS) is 13.8. The van der Waals surface area contributed by atoms with Crippen molar-refractivity contribution in [1.29, 1.82) is 0 Å². The van der Waals surface area contributed by atoms with Crippen LogP contribution < -0.4 is 5.32 Å². The average molecular weight is 219 g/mol. The van der Waals surface area contributed by atoms with E-state index in [-0.39, 0.29) is 0 Å². The van der Waals surface area contributed by atoms with E-state index in [1.165, 1.54) is 24.8 Å². The maximum atomic E-state index is 3.43. The molecule has 0 amide bonds. The monoisotopic (exact) mass is 219 g/mol. The number of hydrogen-bond donors (Lipinski definition) is 1. The lowest BCUT2D eigenvalue weighted by Crippen LogP contribution is -2.30. The molecule has 16 heavy (non-hydrogen) atoms. The lowest BCUT2D eigenvalue weighted by atomic mass is 9.86. The number of aryl methyl sites for hydroxylation is 1. The molecule has 0 fully saturated rings. The predicted octanol–water partition coefficient (Wildman–Crippen LogP) is 3.64. The number of hydrogen-bond acceptors (Lipinski definition) is 1. The molecule has 1 rings (SSSR count). The first-order valence-electron chi connectivity index (χ1n) is 6.22. The molecule has 0 spiro atoms. The van der Waals surface area contributed by atoms with Gasteiger partial charge in [-0.05, 0) is 37.3 Å². The van der Waals surface area contributed by atoms with Gasteiger partial charge in [0.15, 0.2) is 0 Å². The third-order valence-electron chi connectivity index (χ3n) is 2.89. The van der Waals surface area contributed by atoms with E-state index >= 15 is 0 Å². The van der Waals surface area contributed by atoms with E-state index in [1.807, 2.05) is 0 Å². The van der Waals surface area contributed by atoms with E-state index in [0.717, 1.165) is 0 Å². The first-order chi connectivity index (χ1) is 7.51. The molecule has 0 heterocycles. The summed E-state index contributed by atoms with van der Waals surface area (Å²) in [7, 11) is 2.07. The Hall–Kier alpha value is -0.820. The maximum absolute atomic E-state index is 3.43. The molecule has 1 nitrogen and oxygen atoms in total. The molecule has 1 aromatic carbocycles. The van der Waals surface area contributed by atoms with Crippen LogP contribution >= 0.6 is 0 Å². The third kappa shape index (κ3) is 5.32. The molecule has 0 aliphatic heterocycles. The minimum absolute atomic E-state index is 0.407. The molecule has 1 unspecified atom stereocenters. The van der Waals surface area contributed by atoms with Crippen LogP contribution in [0.3, 0.4) is 0 Å². The zero-order valence-corrected chi connectivity index (χ0v) is 11.1. The third-order valence-corrected chi connectivity index (χ3v) is 2.89. The van der Waals surface area contributed by atoms with Crippen molar-refractivity contribution in [2.45, 2.75) is 46.1 Å². The molecule has 1 heteroatoms. The largest absolute Gasteiger partial charge is 0.317 e. The summed E-state index contributed by atoms with van der Waals surface area (Å²) in [5.41, 5.74) is 1.85. The lowest BCUT2D eigenvalue weighted by Gasteiger charge is -2.25. The molecule has 1 aromatic rings. The Morgan fingerprint density at radius 1 is 1.12 bits per heavy atom. The summed E-state index contributed by atoms with van der Waals surface area (Å²) in [6.07, 6.45) is 3.62. The van der Waals surface area contributed by atoms with Crippen LogP contribution in [0, 0.1) is 5.41 Å². The second kappa shape index (κ2) is 6.05. The van der Waals surface area contributed by atoms with Gasteiger partial charge < -0.3 is 5.32 Å². The van der Waals surface area contributed by atoms with E-state index in [0.29, 0.717) is 11.5 Å². The molecule has 0 saturated heterocycles. The van der Waals surface area contributed by atoms with Gasteiger partial charge in [0, 0.05) is 6.04 Å². The molecule has 0 radical (unpaired) electrons. The highest BCUT2D eigenvalue weighted by Gasteiger charge is 2.16. The fraction of sp³-hybridized carbons (Fsp3) is 0.600. The predicted molar refractivity (Wildman–Crippen MR) is 71.7 cm³/mol. The van der Waals surface area contributed by atoms with Crippen LogP contribution in [-0.4, -0.2) is 13.1 Å². The Labute approximate surface area is 100 Å². The molecule has 0 bridgehead atoms. The van der Waals surface area contributed by atoms with Crippen LogP contribution in [0.25, 0.3) is 0 Å². The van der Waals surface area contributed by atoms with Gasteiger partial charge in [0.05, 0.1) is 0 Å². The van der Waals surface area contributed by atoms with Crippen molar-refractivity contribution in [1.82, 2.24) is 5.32 Å². The van der Waals surface area contributed by atoms with Crippen LogP contribution in [0.15, 0.2) is 30.3 Å². The fourth-order valence-corrected chi connectivity index (χ4v) is 2.07. The van der Waals surface area contributed by atoms with Crippen molar-refractivity contribution in [2.24, 2.45) is 5.41 Å². The average Bonchev–Trinajstić information content (AvgIpc) is 2.24. The lowest BCUT2D eigenvalue weighted by molar-refractivity contribution is 0.308. The van der Waals surface area contributed by atoms with E-state index in [4.69, 9.17) is 0 Å². The summed E-state index contributed by atoms with van der Waals surface area (Å²) in [5, 5.41) is 3.43. The van der Waals surface area contributed by atoms with Gasteiger partial charge in [0.1, 0.15) is 0 Å². The van der Waals surface area contributed by atoms with Gasteiger partial charge in [-0.1, -0.05) is 51.1 Å². The Morgan fingerprint density at radius 2 is 1.75 bits per heavy atom. The van der Waals surface area contributed by atoms with Crippen molar-refractivity contribution in [3.8, 4) is 0 Å². The maximum Gasteiger partial charge on any atom is 0.00722 e. The molecule has 1 atom stereocenters. The SMILES string of the molecule is CNC(CCc1ccccc1)CC(C)(C)C. The van der Waals surface area contributed by atoms with Gasteiger partial charge in [-0.3, -0.25) is 0 Å². The highest BCUT2D eigenvalue weighted by Crippen LogP contribution is 2.22. The van der Waals surface area contributed by atoms with Crippen molar-refractivity contribution in [2.75, 3.05) is 7.05 Å². The van der Waals surface area contributed by atoms with E-state index in [1.54, 1.807) is 0 Å². The Morgan fingerprint density at radius 3 is 2.25 bits per heavy atom. The Balaban J connectivity index is 2.40. The summed E-state index contributed by atoms with van der Waals surface area (Å²) >= 11 is 0. The van der Waals surface area contributed by atoms with Gasteiger partial charge in [-0.25, -0.2) is 0 Å². The van der Waals surface area contributed by atoms with Crippen molar-refractivity contribution >= 4 is 0 Å². The molecule has 0 aromatic heterocycles. The number of benzene rings is 1. The van der Waals surface area contributed by atoms with Gasteiger partial charge in [-0.15, -0.1) is 0 Å². The second-order valence-electron chi connectivity index (χ2n) is 5.77. The number of nitrogens with one attached hydrogen (secondary N) is 1. The summed E-state index contributed by atoms with van der Waals surface area (Å²) in [5.74, 6) is 0. The van der Waals surface area contributed by atoms with E-state index in [2.05, 4.69) is 63.5 Å². The minimum atomic E-state index is 0.407. The van der Waals surface area contributed by atoms with Crippen LogP contribution in [0.1, 0.15) is 39.2 Å². The zero-order valence-electron chi connectivity index (χ0n) is 11.1. The van der Waals surface area contributed by atoms with Crippen LogP contribution in [0.5, 0.6) is 0 Å². The van der Waals surface area contributed by atoms with E-state index in [9.17, 15) is 0 Å². The van der Waals surface area contributed by atoms with Crippen molar-refractivity contribution in [3.63, 3.8) is 0 Å². The summed E-state index contributed by atoms with van der Waals surface area (Å²) in [6.45, 7) is 6.92. The van der Waals surface area contributed by atoms with Crippen molar-refractivity contribution in [3.05, 3.63) is 35.9 Å². The molecular formula is C15H25N. The standard InChI is InChI=1S/C15H25N/c1-15(2,3)12-14(16-4)11-10-13-8-6-5-7-9-13/h5-9,14,16H,10-12H2,1-4H3. The summed E-state index contributed by atoms with van der Waals surface area (Å²) in [4.78, 5) is 0. The van der Waals surface area contributed by atoms with Gasteiger partial charge in [0.2, 0.25) is 0 Å². The van der Waals surface area contributed by atoms with Gasteiger partial charge >= 0.3 is 0 Å². The van der Waals surface area contributed by atoms with Gasteiger partial charge in [-0.2, -0.15) is 0 Å². The Bertz CT molecular complexity index is 284. The van der Waals surface area contributed by atoms with Crippen LogP contribution in [0.4, 0.5) is 0 Å². The summed E-state index contributed by atoms with van der Waals surface area (Å²) < 4.78 is 0. The molecule has 90 valence electrons. The smallest absolute Gasteiger partial charge is 0.00722 e. The van der Waals surface area contributed by atoms with Crippen LogP contribution in [-0.2, 0) is 6.42 Å². The van der Waals surface area contributed by atoms with Crippen molar-refractivity contribution < 1.29 is 0 Å². The molecule has 0 aliphatic rings. The second-order valence-corrected chi connectivity index (χ2v) is 5.77. The first-order valence-corrected chi connectivity index (χ1v) is 6.22. The minimum Gasteiger partial charge on any atom is -0.317 e. The molecular weight excluding hydrogens is 194 g/mol. The first kappa shape index (κ1) is 13.2. The topological polar surface area (TPSA) is 12.0 Å².